The number of carbonyl (C=O) groups excluding carboxylic acids is 1. The Hall–Kier alpha value is -3.71. The van der Waals surface area contributed by atoms with Gasteiger partial charge in [0.25, 0.3) is 0 Å². The average Bonchev–Trinajstić information content (AvgIpc) is 3.16. The SMILES string of the molecule is C=CC1=CC2=CC(C)(C(=O)c3ccccc3)C=C3C=C(C=C)CC=c4ccc(c2c43)=CC1. The van der Waals surface area contributed by atoms with Crippen molar-refractivity contribution in [3.63, 3.8) is 0 Å². The third kappa shape index (κ3) is 3.31. The van der Waals surface area contributed by atoms with Crippen molar-refractivity contribution in [1.82, 2.24) is 0 Å². The molecule has 0 spiro atoms. The molecule has 2 aromatic carbocycles. The maximum atomic E-state index is 13.8. The number of ketones is 1. The highest BCUT2D eigenvalue weighted by atomic mass is 16.1. The molecular formula is C31H26O. The summed E-state index contributed by atoms with van der Waals surface area (Å²) in [7, 11) is 0. The highest BCUT2D eigenvalue weighted by Crippen LogP contribution is 2.40. The van der Waals surface area contributed by atoms with Crippen LogP contribution < -0.4 is 10.4 Å². The fourth-order valence-electron chi connectivity index (χ4n) is 4.95. The van der Waals surface area contributed by atoms with Crippen LogP contribution in [0.1, 0.15) is 41.3 Å². The molecule has 5 rings (SSSR count). The molecule has 0 fully saturated rings. The van der Waals surface area contributed by atoms with Crippen molar-refractivity contribution in [2.24, 2.45) is 5.41 Å². The molecule has 32 heavy (non-hydrogen) atoms. The monoisotopic (exact) mass is 414 g/mol. The van der Waals surface area contributed by atoms with Crippen molar-refractivity contribution < 1.29 is 4.79 Å². The van der Waals surface area contributed by atoms with Crippen molar-refractivity contribution in [2.75, 3.05) is 0 Å². The summed E-state index contributed by atoms with van der Waals surface area (Å²) in [6.07, 6.45) is 18.7. The molecule has 2 aromatic rings. The Kier molecular flexibility index (Phi) is 4.90. The predicted molar refractivity (Wildman–Crippen MR) is 135 cm³/mol. The van der Waals surface area contributed by atoms with Crippen molar-refractivity contribution in [1.29, 1.82) is 0 Å². The van der Waals surface area contributed by atoms with Crippen LogP contribution in [0.25, 0.3) is 23.3 Å². The van der Waals surface area contributed by atoms with Crippen LogP contribution in [-0.2, 0) is 0 Å². The molecule has 0 heterocycles. The topological polar surface area (TPSA) is 17.1 Å². The largest absolute Gasteiger partial charge is 0.293 e. The molecule has 0 saturated carbocycles. The fourth-order valence-corrected chi connectivity index (χ4v) is 4.95. The molecule has 0 unspecified atom stereocenters. The number of hydrogen-bond acceptors (Lipinski definition) is 1. The van der Waals surface area contributed by atoms with E-state index in [1.54, 1.807) is 0 Å². The van der Waals surface area contributed by atoms with Gasteiger partial charge in [0, 0.05) is 5.56 Å². The van der Waals surface area contributed by atoms with Gasteiger partial charge in [-0.2, -0.15) is 0 Å². The lowest BCUT2D eigenvalue weighted by atomic mass is 9.79. The minimum absolute atomic E-state index is 0.0950. The number of benzene rings is 2. The van der Waals surface area contributed by atoms with Crippen LogP contribution in [0.4, 0.5) is 0 Å². The van der Waals surface area contributed by atoms with Crippen LogP contribution in [0, 0.1) is 5.41 Å². The lowest BCUT2D eigenvalue weighted by Gasteiger charge is -2.22. The molecule has 0 amide bonds. The third-order valence-electron chi connectivity index (χ3n) is 6.60. The van der Waals surface area contributed by atoms with E-state index in [0.29, 0.717) is 0 Å². The highest BCUT2D eigenvalue weighted by molar-refractivity contribution is 6.07. The Morgan fingerprint density at radius 2 is 1.31 bits per heavy atom. The molecule has 0 N–H and O–H groups in total. The minimum Gasteiger partial charge on any atom is -0.293 e. The molecule has 0 atom stereocenters. The molecule has 0 aliphatic heterocycles. The zero-order chi connectivity index (χ0) is 22.3. The van der Waals surface area contributed by atoms with Crippen molar-refractivity contribution >= 4 is 29.1 Å². The fraction of sp³-hybridized carbons (Fsp3) is 0.129. The van der Waals surface area contributed by atoms with Gasteiger partial charge in [-0.3, -0.25) is 4.79 Å². The Morgan fingerprint density at radius 1 is 0.812 bits per heavy atom. The zero-order valence-corrected chi connectivity index (χ0v) is 18.4. The van der Waals surface area contributed by atoms with E-state index in [2.05, 4.69) is 61.7 Å². The van der Waals surface area contributed by atoms with E-state index in [4.69, 9.17) is 0 Å². The molecule has 0 bridgehead atoms. The van der Waals surface area contributed by atoms with Crippen LogP contribution in [-0.4, -0.2) is 5.78 Å². The summed E-state index contributed by atoms with van der Waals surface area (Å²) in [5.41, 5.74) is 6.81. The van der Waals surface area contributed by atoms with E-state index in [-0.39, 0.29) is 5.78 Å². The maximum absolute atomic E-state index is 13.8. The van der Waals surface area contributed by atoms with Gasteiger partial charge in [-0.05, 0) is 63.6 Å². The van der Waals surface area contributed by atoms with Gasteiger partial charge in [0.2, 0.25) is 0 Å². The second-order valence-electron chi connectivity index (χ2n) is 8.83. The Bertz CT molecular complexity index is 1320. The number of carbonyl (C=O) groups is 1. The second-order valence-corrected chi connectivity index (χ2v) is 8.83. The van der Waals surface area contributed by atoms with E-state index in [9.17, 15) is 4.79 Å². The Morgan fingerprint density at radius 3 is 1.78 bits per heavy atom. The predicted octanol–water partition coefficient (Wildman–Crippen LogP) is 5.95. The minimum atomic E-state index is -0.792. The quantitative estimate of drug-likeness (QED) is 0.565. The van der Waals surface area contributed by atoms with E-state index in [0.717, 1.165) is 40.7 Å². The summed E-state index contributed by atoms with van der Waals surface area (Å²) in [6, 6.07) is 14.0. The van der Waals surface area contributed by atoms with Gasteiger partial charge in [-0.15, -0.1) is 0 Å². The van der Waals surface area contributed by atoms with Crippen LogP contribution in [0.5, 0.6) is 0 Å². The lowest BCUT2D eigenvalue weighted by molar-refractivity contribution is 0.0908. The summed E-state index contributed by atoms with van der Waals surface area (Å²) < 4.78 is 0. The average molecular weight is 415 g/mol. The summed E-state index contributed by atoms with van der Waals surface area (Å²) in [5.74, 6) is 0.0950. The molecule has 0 saturated heterocycles. The molecule has 0 radical (unpaired) electrons. The number of Topliss-reactive ketones (excluding diaryl/α,β-unsaturated/α-hetero) is 1. The summed E-state index contributed by atoms with van der Waals surface area (Å²) in [6.45, 7) is 10.1. The first-order valence-corrected chi connectivity index (χ1v) is 11.1. The zero-order valence-electron chi connectivity index (χ0n) is 18.4. The first-order chi connectivity index (χ1) is 15.5. The number of rotatable bonds is 4. The second kappa shape index (κ2) is 7.76. The first-order valence-electron chi connectivity index (χ1n) is 11.1. The molecule has 1 heteroatoms. The summed E-state index contributed by atoms with van der Waals surface area (Å²) in [4.78, 5) is 13.8. The van der Waals surface area contributed by atoms with Gasteiger partial charge in [0.1, 0.15) is 0 Å². The maximum Gasteiger partial charge on any atom is 0.176 e. The van der Waals surface area contributed by atoms with Gasteiger partial charge < -0.3 is 0 Å². The van der Waals surface area contributed by atoms with Gasteiger partial charge in [0.15, 0.2) is 5.78 Å². The Labute approximate surface area is 189 Å². The Balaban J connectivity index is 1.88. The smallest absolute Gasteiger partial charge is 0.176 e. The molecule has 0 aromatic heterocycles. The molecular weight excluding hydrogens is 388 g/mol. The van der Waals surface area contributed by atoms with E-state index < -0.39 is 5.41 Å². The van der Waals surface area contributed by atoms with Crippen LogP contribution >= 0.6 is 0 Å². The molecule has 3 aliphatic rings. The van der Waals surface area contributed by atoms with E-state index in [1.807, 2.05) is 49.4 Å². The van der Waals surface area contributed by atoms with Gasteiger partial charge in [-0.25, -0.2) is 0 Å². The van der Waals surface area contributed by atoms with Gasteiger partial charge >= 0.3 is 0 Å². The van der Waals surface area contributed by atoms with Crippen LogP contribution in [0.3, 0.4) is 0 Å². The van der Waals surface area contributed by atoms with Crippen LogP contribution in [0.2, 0.25) is 0 Å². The number of hydrogen-bond donors (Lipinski definition) is 0. The van der Waals surface area contributed by atoms with Gasteiger partial charge in [0.05, 0.1) is 5.41 Å². The van der Waals surface area contributed by atoms with Crippen molar-refractivity contribution in [2.45, 2.75) is 19.8 Å². The van der Waals surface area contributed by atoms with E-state index in [1.165, 1.54) is 21.6 Å². The first kappa shape index (κ1) is 20.2. The normalized spacial score (nSPS) is 17.9. The standard InChI is InChI=1S/C31H26O/c1-4-21-11-13-23-15-16-24-14-12-22(5-2)18-27-20-31(3,19-26(17-21)28(23)29(24)27)30(32)25-9-7-6-8-10-25/h4-10,13-20H,1-2,11-12H2,3H3. The molecule has 156 valence electrons. The highest BCUT2D eigenvalue weighted by Gasteiger charge is 2.34. The number of allylic oxidation sites excluding steroid dienone is 10. The summed E-state index contributed by atoms with van der Waals surface area (Å²) in [5, 5.41) is 2.41. The van der Waals surface area contributed by atoms with Gasteiger partial charge in [-0.1, -0.05) is 104 Å². The molecule has 1 nitrogen and oxygen atoms in total. The lowest BCUT2D eigenvalue weighted by Crippen LogP contribution is -2.24. The third-order valence-corrected chi connectivity index (χ3v) is 6.60. The molecule has 3 aliphatic carbocycles. The van der Waals surface area contributed by atoms with Crippen LogP contribution in [0.15, 0.2) is 103 Å². The van der Waals surface area contributed by atoms with Crippen molar-refractivity contribution in [3.8, 4) is 0 Å². The summed E-state index contributed by atoms with van der Waals surface area (Å²) >= 11 is 0. The van der Waals surface area contributed by atoms with E-state index >= 15 is 0 Å². The van der Waals surface area contributed by atoms with Crippen molar-refractivity contribution in [3.05, 3.63) is 130 Å².